The summed E-state index contributed by atoms with van der Waals surface area (Å²) in [5.74, 6) is -1.90. The number of carboxylic acids is 1. The minimum atomic E-state index is -0.986. The highest BCUT2D eigenvalue weighted by atomic mass is 35.5. The summed E-state index contributed by atoms with van der Waals surface area (Å²) in [7, 11) is 0. The van der Waals surface area contributed by atoms with Crippen LogP contribution in [0.4, 0.5) is 4.39 Å². The highest BCUT2D eigenvalue weighted by molar-refractivity contribution is 6.30. The van der Waals surface area contributed by atoms with E-state index in [0.29, 0.717) is 17.9 Å². The predicted octanol–water partition coefficient (Wildman–Crippen LogP) is 1.68. The number of carbonyl (C=O) groups excluding carboxylic acids is 1. The molecule has 0 bridgehead atoms. The number of aromatic nitrogens is 3. The number of rotatable bonds is 4. The molecule has 10 heteroatoms. The normalized spacial score (nSPS) is 17.3. The van der Waals surface area contributed by atoms with E-state index in [4.69, 9.17) is 21.4 Å². The van der Waals surface area contributed by atoms with Crippen LogP contribution in [-0.4, -0.2) is 62.7 Å². The van der Waals surface area contributed by atoms with Gasteiger partial charge in [-0.25, -0.2) is 9.07 Å². The van der Waals surface area contributed by atoms with Gasteiger partial charge >= 0.3 is 5.97 Å². The first-order chi connectivity index (χ1) is 12.4. The summed E-state index contributed by atoms with van der Waals surface area (Å²) in [6.07, 6.45) is -0.736. The molecule has 1 amide bonds. The topological polar surface area (TPSA) is 97.6 Å². The van der Waals surface area contributed by atoms with Crippen LogP contribution in [0.15, 0.2) is 18.2 Å². The van der Waals surface area contributed by atoms with Crippen LogP contribution >= 0.6 is 11.6 Å². The van der Waals surface area contributed by atoms with Gasteiger partial charge < -0.3 is 14.7 Å². The van der Waals surface area contributed by atoms with E-state index in [-0.39, 0.29) is 36.2 Å². The van der Waals surface area contributed by atoms with Gasteiger partial charge in [0.15, 0.2) is 5.69 Å². The molecule has 8 nitrogen and oxygen atoms in total. The monoisotopic (exact) mass is 382 g/mol. The third-order valence-corrected chi connectivity index (χ3v) is 4.36. The molecular formula is C16H16ClFN4O4. The molecule has 138 valence electrons. The second-order valence-corrected chi connectivity index (χ2v) is 6.28. The molecule has 1 atom stereocenters. The zero-order chi connectivity index (χ0) is 18.8. The quantitative estimate of drug-likeness (QED) is 0.864. The molecule has 1 aliphatic rings. The number of carboxylic acid groups (broad SMARTS) is 1. The van der Waals surface area contributed by atoms with Crippen LogP contribution in [0.2, 0.25) is 5.02 Å². The Morgan fingerprint density at radius 2 is 2.23 bits per heavy atom. The number of hydrogen-bond acceptors (Lipinski definition) is 5. The lowest BCUT2D eigenvalue weighted by Gasteiger charge is -2.31. The zero-order valence-electron chi connectivity index (χ0n) is 13.9. The van der Waals surface area contributed by atoms with Gasteiger partial charge in [-0.05, 0) is 25.1 Å². The van der Waals surface area contributed by atoms with Crippen LogP contribution in [0, 0.1) is 12.7 Å². The number of ether oxygens (including phenoxy) is 1. The van der Waals surface area contributed by atoms with Crippen molar-refractivity contribution in [3.8, 4) is 5.69 Å². The fraction of sp³-hybridized carbons (Fsp3) is 0.375. The van der Waals surface area contributed by atoms with E-state index < -0.39 is 17.9 Å². The summed E-state index contributed by atoms with van der Waals surface area (Å²) in [5, 5.41) is 16.7. The van der Waals surface area contributed by atoms with Crippen LogP contribution in [-0.2, 0) is 9.53 Å². The number of carbonyl (C=O) groups is 2. The van der Waals surface area contributed by atoms with Crippen molar-refractivity contribution >= 4 is 23.5 Å². The van der Waals surface area contributed by atoms with Crippen LogP contribution in [0.1, 0.15) is 22.6 Å². The first kappa shape index (κ1) is 18.3. The maximum absolute atomic E-state index is 13.3. The largest absolute Gasteiger partial charge is 0.481 e. The summed E-state index contributed by atoms with van der Waals surface area (Å²) >= 11 is 5.79. The Morgan fingerprint density at radius 3 is 2.92 bits per heavy atom. The highest BCUT2D eigenvalue weighted by Crippen LogP contribution is 2.21. The van der Waals surface area contributed by atoms with Gasteiger partial charge in [0.05, 0.1) is 35.5 Å². The van der Waals surface area contributed by atoms with Crippen molar-refractivity contribution in [2.45, 2.75) is 19.4 Å². The molecule has 2 aromatic rings. The fourth-order valence-electron chi connectivity index (χ4n) is 2.76. The lowest BCUT2D eigenvalue weighted by Crippen LogP contribution is -2.46. The molecule has 1 aromatic heterocycles. The average Bonchev–Trinajstić information content (AvgIpc) is 2.98. The Hall–Kier alpha value is -2.52. The second kappa shape index (κ2) is 7.38. The van der Waals surface area contributed by atoms with Crippen molar-refractivity contribution in [3.05, 3.63) is 40.4 Å². The third-order valence-electron chi connectivity index (χ3n) is 4.07. The van der Waals surface area contributed by atoms with Crippen molar-refractivity contribution in [2.75, 3.05) is 19.7 Å². The van der Waals surface area contributed by atoms with Crippen molar-refractivity contribution in [1.29, 1.82) is 0 Å². The van der Waals surface area contributed by atoms with Gasteiger partial charge in [0.1, 0.15) is 5.82 Å². The first-order valence-corrected chi connectivity index (χ1v) is 8.25. The van der Waals surface area contributed by atoms with E-state index in [9.17, 15) is 14.0 Å². The second-order valence-electron chi connectivity index (χ2n) is 5.88. The summed E-state index contributed by atoms with van der Waals surface area (Å²) in [4.78, 5) is 25.1. The van der Waals surface area contributed by atoms with Gasteiger partial charge in [-0.1, -0.05) is 16.8 Å². The molecule has 26 heavy (non-hydrogen) atoms. The molecule has 0 radical (unpaired) electrons. The minimum absolute atomic E-state index is 0.0602. The van der Waals surface area contributed by atoms with E-state index in [0.717, 1.165) is 0 Å². The molecule has 0 spiro atoms. The molecule has 1 aromatic carbocycles. The van der Waals surface area contributed by atoms with Gasteiger partial charge in [0.2, 0.25) is 0 Å². The van der Waals surface area contributed by atoms with Crippen LogP contribution in [0.5, 0.6) is 0 Å². The lowest BCUT2D eigenvalue weighted by molar-refractivity contribution is -0.141. The molecule has 3 rings (SSSR count). The Morgan fingerprint density at radius 1 is 1.46 bits per heavy atom. The summed E-state index contributed by atoms with van der Waals surface area (Å²) in [6.45, 7) is 2.42. The molecule has 1 aliphatic heterocycles. The van der Waals surface area contributed by atoms with Crippen molar-refractivity contribution < 1.29 is 23.8 Å². The molecule has 0 saturated carbocycles. The SMILES string of the molecule is Cc1c(C(=O)N2CCO[C@@H](CC(=O)O)C2)nnn1-c1ccc(F)c(Cl)c1. The van der Waals surface area contributed by atoms with E-state index in [2.05, 4.69) is 10.3 Å². The summed E-state index contributed by atoms with van der Waals surface area (Å²) in [6, 6.07) is 4.08. The van der Waals surface area contributed by atoms with E-state index in [1.807, 2.05) is 0 Å². The zero-order valence-corrected chi connectivity index (χ0v) is 14.6. The number of nitrogens with zero attached hydrogens (tertiary/aromatic N) is 4. The number of amides is 1. The molecule has 1 saturated heterocycles. The number of morpholine rings is 1. The smallest absolute Gasteiger partial charge is 0.306 e. The van der Waals surface area contributed by atoms with Gasteiger partial charge in [0, 0.05) is 13.1 Å². The number of halogens is 2. The lowest BCUT2D eigenvalue weighted by atomic mass is 10.2. The first-order valence-electron chi connectivity index (χ1n) is 7.87. The van der Waals surface area contributed by atoms with Gasteiger partial charge in [-0.2, -0.15) is 0 Å². The molecule has 0 unspecified atom stereocenters. The third kappa shape index (κ3) is 3.68. The van der Waals surface area contributed by atoms with Crippen LogP contribution < -0.4 is 0 Å². The van der Waals surface area contributed by atoms with Crippen LogP contribution in [0.3, 0.4) is 0 Å². The summed E-state index contributed by atoms with van der Waals surface area (Å²) in [5.41, 5.74) is 1.09. The number of aliphatic carboxylic acids is 1. The standard InChI is InChI=1S/C16H16ClFN4O4/c1-9-15(16(25)21-4-5-26-11(8-21)7-14(23)24)19-20-22(9)10-2-3-13(18)12(17)6-10/h2-3,6,11H,4-5,7-8H2,1H3,(H,23,24)/t11-/m0/s1. The van der Waals surface area contributed by atoms with Gasteiger partial charge in [-0.15, -0.1) is 5.10 Å². The highest BCUT2D eigenvalue weighted by Gasteiger charge is 2.29. The predicted molar refractivity (Wildman–Crippen MR) is 89.0 cm³/mol. The van der Waals surface area contributed by atoms with E-state index in [1.165, 1.54) is 27.8 Å². The van der Waals surface area contributed by atoms with E-state index in [1.54, 1.807) is 6.92 Å². The Labute approximate surface area is 153 Å². The van der Waals surface area contributed by atoms with Crippen molar-refractivity contribution in [3.63, 3.8) is 0 Å². The van der Waals surface area contributed by atoms with Crippen molar-refractivity contribution in [2.24, 2.45) is 0 Å². The van der Waals surface area contributed by atoms with Gasteiger partial charge in [0.25, 0.3) is 5.91 Å². The average molecular weight is 383 g/mol. The van der Waals surface area contributed by atoms with Crippen molar-refractivity contribution in [1.82, 2.24) is 19.9 Å². The Balaban J connectivity index is 1.81. The molecular weight excluding hydrogens is 367 g/mol. The molecule has 2 heterocycles. The van der Waals surface area contributed by atoms with E-state index >= 15 is 0 Å². The van der Waals surface area contributed by atoms with Crippen LogP contribution in [0.25, 0.3) is 5.69 Å². The fourth-order valence-corrected chi connectivity index (χ4v) is 2.94. The molecule has 1 fully saturated rings. The molecule has 0 aliphatic carbocycles. The Kier molecular flexibility index (Phi) is 5.19. The maximum atomic E-state index is 13.3. The van der Waals surface area contributed by atoms with Gasteiger partial charge in [-0.3, -0.25) is 9.59 Å². The molecule has 1 N–H and O–H groups in total. The minimum Gasteiger partial charge on any atom is -0.481 e. The Bertz CT molecular complexity index is 857. The number of benzene rings is 1. The maximum Gasteiger partial charge on any atom is 0.306 e. The number of hydrogen-bond donors (Lipinski definition) is 1. The summed E-state index contributed by atoms with van der Waals surface area (Å²) < 4.78 is 20.1.